The Labute approximate surface area is 78.8 Å². The van der Waals surface area contributed by atoms with Crippen molar-refractivity contribution in [3.63, 3.8) is 0 Å². The molecule has 1 unspecified atom stereocenters. The summed E-state index contributed by atoms with van der Waals surface area (Å²) in [5, 5.41) is 9.46. The Kier molecular flexibility index (Phi) is 2.26. The Balaban J connectivity index is 2.56. The maximum Gasteiger partial charge on any atom is 0.130 e. The third-order valence-electron chi connectivity index (χ3n) is 2.08. The van der Waals surface area contributed by atoms with Gasteiger partial charge >= 0.3 is 0 Å². The Bertz CT molecular complexity index is 341. The molecule has 1 aromatic carbocycles. The molecule has 2 rings (SSSR count). The van der Waals surface area contributed by atoms with Crippen LogP contribution < -0.4 is 0 Å². The van der Waals surface area contributed by atoms with Crippen molar-refractivity contribution in [2.45, 2.75) is 11.9 Å². The van der Waals surface area contributed by atoms with Crippen LogP contribution in [0.2, 0.25) is 0 Å². The van der Waals surface area contributed by atoms with E-state index in [1.807, 2.05) is 0 Å². The van der Waals surface area contributed by atoms with E-state index in [9.17, 15) is 13.9 Å². The van der Waals surface area contributed by atoms with E-state index >= 15 is 0 Å². The van der Waals surface area contributed by atoms with Gasteiger partial charge in [-0.1, -0.05) is 0 Å². The first-order valence-corrected chi connectivity index (χ1v) is 5.07. The molecule has 0 saturated carbocycles. The molecule has 0 aromatic heterocycles. The quantitative estimate of drug-likeness (QED) is 0.696. The van der Waals surface area contributed by atoms with E-state index in [-0.39, 0.29) is 0 Å². The summed E-state index contributed by atoms with van der Waals surface area (Å²) < 4.78 is 25.9. The molecule has 1 heterocycles. The van der Waals surface area contributed by atoms with Crippen LogP contribution in [0.1, 0.15) is 17.2 Å². The molecule has 1 nitrogen and oxygen atoms in total. The van der Waals surface area contributed by atoms with Crippen molar-refractivity contribution < 1.29 is 13.9 Å². The zero-order valence-corrected chi connectivity index (χ0v) is 7.57. The number of benzene rings is 1. The topological polar surface area (TPSA) is 20.2 Å². The molecule has 1 aliphatic rings. The summed E-state index contributed by atoms with van der Waals surface area (Å²) >= 11 is 1.45. The minimum atomic E-state index is -0.737. The van der Waals surface area contributed by atoms with Gasteiger partial charge in [0.25, 0.3) is 0 Å². The maximum absolute atomic E-state index is 13.1. The lowest BCUT2D eigenvalue weighted by Gasteiger charge is -2.21. The fourth-order valence-electron chi connectivity index (χ4n) is 1.44. The van der Waals surface area contributed by atoms with Crippen LogP contribution in [0.4, 0.5) is 8.78 Å². The molecule has 0 amide bonds. The first kappa shape index (κ1) is 8.97. The molecule has 4 heteroatoms. The lowest BCUT2D eigenvalue weighted by Crippen LogP contribution is -2.12. The number of hydrogen-bond acceptors (Lipinski definition) is 2. The fraction of sp³-hybridized carbons (Fsp3) is 0.333. The number of thioether (sulfide) groups is 1. The second-order valence-electron chi connectivity index (χ2n) is 2.99. The van der Waals surface area contributed by atoms with Crippen LogP contribution in [0.15, 0.2) is 12.1 Å². The van der Waals surface area contributed by atoms with Gasteiger partial charge in [-0.15, -0.1) is 0 Å². The van der Waals surface area contributed by atoms with E-state index in [4.69, 9.17) is 0 Å². The highest BCUT2D eigenvalue weighted by Crippen LogP contribution is 2.33. The summed E-state index contributed by atoms with van der Waals surface area (Å²) in [6.07, 6.45) is -0.737. The highest BCUT2D eigenvalue weighted by atomic mass is 32.2. The zero-order chi connectivity index (χ0) is 9.42. The van der Waals surface area contributed by atoms with Crippen molar-refractivity contribution in [3.8, 4) is 0 Å². The fourth-order valence-corrected chi connectivity index (χ4v) is 2.46. The highest BCUT2D eigenvalue weighted by Gasteiger charge is 2.22. The van der Waals surface area contributed by atoms with Crippen LogP contribution >= 0.6 is 11.8 Å². The van der Waals surface area contributed by atoms with Gasteiger partial charge in [-0.2, -0.15) is 11.8 Å². The molecule has 0 saturated heterocycles. The minimum absolute atomic E-state index is 0.399. The normalized spacial score (nSPS) is 21.3. The monoisotopic (exact) mass is 202 g/mol. The summed E-state index contributed by atoms with van der Waals surface area (Å²) in [5.74, 6) is -0.155. The van der Waals surface area contributed by atoms with E-state index in [2.05, 4.69) is 0 Å². The highest BCUT2D eigenvalue weighted by molar-refractivity contribution is 7.98. The summed E-state index contributed by atoms with van der Waals surface area (Å²) in [6.45, 7) is 0. The number of fused-ring (bicyclic) bond motifs is 1. The number of aliphatic hydroxyl groups excluding tert-OH is 1. The largest absolute Gasteiger partial charge is 0.388 e. The van der Waals surface area contributed by atoms with E-state index in [0.29, 0.717) is 22.6 Å². The molecule has 0 spiro atoms. The number of aliphatic hydroxyl groups is 1. The van der Waals surface area contributed by atoms with Gasteiger partial charge in [0.2, 0.25) is 0 Å². The molecule has 0 aliphatic carbocycles. The van der Waals surface area contributed by atoms with Gasteiger partial charge in [0.15, 0.2) is 0 Å². The molecule has 70 valence electrons. The molecule has 0 bridgehead atoms. The lowest BCUT2D eigenvalue weighted by molar-refractivity contribution is 0.200. The van der Waals surface area contributed by atoms with Crippen molar-refractivity contribution >= 4 is 11.8 Å². The molecule has 1 aliphatic heterocycles. The predicted octanol–water partition coefficient (Wildman–Crippen LogP) is 2.25. The van der Waals surface area contributed by atoms with Crippen molar-refractivity contribution in [3.05, 3.63) is 34.9 Å². The molecule has 0 fully saturated rings. The third kappa shape index (κ3) is 1.56. The predicted molar refractivity (Wildman–Crippen MR) is 47.5 cm³/mol. The molecule has 13 heavy (non-hydrogen) atoms. The van der Waals surface area contributed by atoms with E-state index < -0.39 is 17.7 Å². The van der Waals surface area contributed by atoms with Gasteiger partial charge in [-0.3, -0.25) is 0 Å². The van der Waals surface area contributed by atoms with Crippen LogP contribution in [0, 0.1) is 11.6 Å². The molecular weight excluding hydrogens is 194 g/mol. The van der Waals surface area contributed by atoms with Gasteiger partial charge in [0.1, 0.15) is 11.6 Å². The van der Waals surface area contributed by atoms with Gasteiger partial charge in [-0.05, 0) is 11.6 Å². The third-order valence-corrected chi connectivity index (χ3v) is 3.12. The van der Waals surface area contributed by atoms with Crippen molar-refractivity contribution in [1.82, 2.24) is 0 Å². The van der Waals surface area contributed by atoms with E-state index in [1.165, 1.54) is 17.8 Å². The Morgan fingerprint density at radius 3 is 2.92 bits per heavy atom. The van der Waals surface area contributed by atoms with Crippen LogP contribution in [-0.2, 0) is 5.75 Å². The lowest BCUT2D eigenvalue weighted by atomic mass is 10.0. The number of hydrogen-bond donors (Lipinski definition) is 1. The molecule has 1 N–H and O–H groups in total. The molecule has 1 aromatic rings. The Hall–Kier alpha value is -0.610. The molecule has 0 radical (unpaired) electrons. The number of rotatable bonds is 0. The van der Waals surface area contributed by atoms with E-state index in [0.717, 1.165) is 6.07 Å². The van der Waals surface area contributed by atoms with E-state index in [1.54, 1.807) is 0 Å². The van der Waals surface area contributed by atoms with Crippen LogP contribution in [-0.4, -0.2) is 10.9 Å². The summed E-state index contributed by atoms with van der Waals surface area (Å²) in [7, 11) is 0. The van der Waals surface area contributed by atoms with Gasteiger partial charge in [-0.25, -0.2) is 8.78 Å². The first-order valence-electron chi connectivity index (χ1n) is 3.92. The first-order chi connectivity index (χ1) is 6.18. The summed E-state index contributed by atoms with van der Waals surface area (Å²) in [6, 6.07) is 2.07. The smallest absolute Gasteiger partial charge is 0.130 e. The summed E-state index contributed by atoms with van der Waals surface area (Å²) in [4.78, 5) is 0. The van der Waals surface area contributed by atoms with Crippen LogP contribution in [0.25, 0.3) is 0 Å². The standard InChI is InChI=1S/C9H8F2OS/c10-5-1-6-7(8(11)2-5)3-13-4-9(6)12/h1-2,9,12H,3-4H2. The average Bonchev–Trinajstić information content (AvgIpc) is 2.07. The van der Waals surface area contributed by atoms with Gasteiger partial charge in [0.05, 0.1) is 6.10 Å². The minimum Gasteiger partial charge on any atom is -0.388 e. The second kappa shape index (κ2) is 3.27. The van der Waals surface area contributed by atoms with Crippen molar-refractivity contribution in [1.29, 1.82) is 0 Å². The van der Waals surface area contributed by atoms with Gasteiger partial charge < -0.3 is 5.11 Å². The molecular formula is C9H8F2OS. The zero-order valence-electron chi connectivity index (χ0n) is 6.76. The SMILES string of the molecule is OC1CSCc2c(F)cc(F)cc21. The Morgan fingerprint density at radius 2 is 2.15 bits per heavy atom. The number of halogens is 2. The van der Waals surface area contributed by atoms with Crippen LogP contribution in [0.5, 0.6) is 0 Å². The van der Waals surface area contributed by atoms with Crippen molar-refractivity contribution in [2.24, 2.45) is 0 Å². The second-order valence-corrected chi connectivity index (χ2v) is 4.02. The molecule has 1 atom stereocenters. The summed E-state index contributed by atoms with van der Waals surface area (Å²) in [5.41, 5.74) is 0.835. The van der Waals surface area contributed by atoms with Crippen molar-refractivity contribution in [2.75, 3.05) is 5.75 Å². The van der Waals surface area contributed by atoms with Gasteiger partial charge in [0, 0.05) is 23.1 Å². The Morgan fingerprint density at radius 1 is 1.38 bits per heavy atom. The van der Waals surface area contributed by atoms with Crippen LogP contribution in [0.3, 0.4) is 0 Å². The average molecular weight is 202 g/mol. The maximum atomic E-state index is 13.1.